The van der Waals surface area contributed by atoms with Crippen molar-refractivity contribution in [2.24, 2.45) is 0 Å². The maximum atomic E-state index is 2.26. The van der Waals surface area contributed by atoms with Gasteiger partial charge in [-0.2, -0.15) is 0 Å². The molecule has 1 nitrogen and oxygen atoms in total. The van der Waals surface area contributed by atoms with Gasteiger partial charge >= 0.3 is 0 Å². The molecule has 0 aromatic rings. The van der Waals surface area contributed by atoms with E-state index < -0.39 is 0 Å². The molecule has 11 heavy (non-hydrogen) atoms. The van der Waals surface area contributed by atoms with E-state index in [-0.39, 0.29) is 0 Å². The molecule has 1 aliphatic carbocycles. The predicted molar refractivity (Wildman–Crippen MR) is 47.1 cm³/mol. The van der Waals surface area contributed by atoms with Crippen molar-refractivity contribution in [1.29, 1.82) is 0 Å². The lowest BCUT2D eigenvalue weighted by Crippen LogP contribution is -2.39. The zero-order chi connectivity index (χ0) is 8.01. The van der Waals surface area contributed by atoms with Gasteiger partial charge in [0.2, 0.25) is 0 Å². The SMILES string of the molecule is CC1=CC2=CN(C)C2C(C)=C1. The van der Waals surface area contributed by atoms with Crippen LogP contribution in [0, 0.1) is 0 Å². The molecule has 58 valence electrons. The van der Waals surface area contributed by atoms with E-state index in [1.165, 1.54) is 16.7 Å². The van der Waals surface area contributed by atoms with Crippen LogP contribution in [0.3, 0.4) is 0 Å². The number of allylic oxidation sites excluding steroid dienone is 2. The van der Waals surface area contributed by atoms with E-state index >= 15 is 0 Å². The van der Waals surface area contributed by atoms with Crippen LogP contribution >= 0.6 is 0 Å². The van der Waals surface area contributed by atoms with Gasteiger partial charge in [0.15, 0.2) is 0 Å². The van der Waals surface area contributed by atoms with Crippen LogP contribution in [0.1, 0.15) is 13.8 Å². The van der Waals surface area contributed by atoms with Gasteiger partial charge in [-0.3, -0.25) is 0 Å². The van der Waals surface area contributed by atoms with Gasteiger partial charge in [0.25, 0.3) is 0 Å². The minimum absolute atomic E-state index is 0.582. The molecule has 0 bridgehead atoms. The lowest BCUT2D eigenvalue weighted by Gasteiger charge is -2.40. The van der Waals surface area contributed by atoms with E-state index in [9.17, 15) is 0 Å². The van der Waals surface area contributed by atoms with Crippen LogP contribution < -0.4 is 0 Å². The van der Waals surface area contributed by atoms with Gasteiger partial charge < -0.3 is 4.90 Å². The van der Waals surface area contributed by atoms with Crippen LogP contribution in [-0.2, 0) is 0 Å². The normalized spacial score (nSPS) is 28.1. The smallest absolute Gasteiger partial charge is 0.0761 e. The Balaban J connectivity index is 2.40. The predicted octanol–water partition coefficient (Wildman–Crippen LogP) is 2.09. The molecule has 0 N–H and O–H groups in total. The van der Waals surface area contributed by atoms with Gasteiger partial charge in [0.05, 0.1) is 6.04 Å². The number of hydrogen-bond acceptors (Lipinski definition) is 1. The zero-order valence-electron chi connectivity index (χ0n) is 7.26. The highest BCUT2D eigenvalue weighted by molar-refractivity contribution is 5.49. The van der Waals surface area contributed by atoms with Crippen LogP contribution in [0.4, 0.5) is 0 Å². The van der Waals surface area contributed by atoms with Gasteiger partial charge in [0, 0.05) is 13.2 Å². The molecule has 0 saturated heterocycles. The standard InChI is InChI=1S/C10H13N/c1-7-4-8(2)10-9(5-7)6-11(10)3/h4-6,10H,1-3H3. The first-order valence-electron chi connectivity index (χ1n) is 3.98. The Kier molecular flexibility index (Phi) is 1.22. The molecule has 0 saturated carbocycles. The van der Waals surface area contributed by atoms with Crippen molar-refractivity contribution in [3.8, 4) is 0 Å². The first kappa shape index (κ1) is 6.71. The first-order valence-corrected chi connectivity index (χ1v) is 3.98. The van der Waals surface area contributed by atoms with E-state index in [0.717, 1.165) is 0 Å². The largest absolute Gasteiger partial charge is 0.369 e. The topological polar surface area (TPSA) is 3.24 Å². The highest BCUT2D eigenvalue weighted by Crippen LogP contribution is 2.32. The van der Waals surface area contributed by atoms with Crippen molar-refractivity contribution in [3.05, 3.63) is 35.1 Å². The van der Waals surface area contributed by atoms with Crippen molar-refractivity contribution >= 4 is 0 Å². The van der Waals surface area contributed by atoms with Gasteiger partial charge in [-0.1, -0.05) is 17.7 Å². The summed E-state index contributed by atoms with van der Waals surface area (Å²) in [5.41, 5.74) is 4.30. The molecule has 0 fully saturated rings. The van der Waals surface area contributed by atoms with Gasteiger partial charge in [-0.25, -0.2) is 0 Å². The van der Waals surface area contributed by atoms with Gasteiger partial charge in [-0.15, -0.1) is 0 Å². The van der Waals surface area contributed by atoms with Crippen molar-refractivity contribution in [2.75, 3.05) is 7.05 Å². The second-order valence-corrected chi connectivity index (χ2v) is 3.47. The molecule has 1 atom stereocenters. The Labute approximate surface area is 67.7 Å². The fourth-order valence-electron chi connectivity index (χ4n) is 1.98. The van der Waals surface area contributed by atoms with Crippen LogP contribution in [-0.4, -0.2) is 18.0 Å². The number of hydrogen-bond donors (Lipinski definition) is 0. The third-order valence-corrected chi connectivity index (χ3v) is 2.36. The highest BCUT2D eigenvalue weighted by atomic mass is 15.2. The van der Waals surface area contributed by atoms with Crippen molar-refractivity contribution in [2.45, 2.75) is 19.9 Å². The fraction of sp³-hybridized carbons (Fsp3) is 0.400. The maximum absolute atomic E-state index is 2.26. The van der Waals surface area contributed by atoms with Gasteiger partial charge in [0.1, 0.15) is 0 Å². The number of fused-ring (bicyclic) bond motifs is 1. The van der Waals surface area contributed by atoms with Crippen molar-refractivity contribution < 1.29 is 0 Å². The molecule has 1 unspecified atom stereocenters. The van der Waals surface area contributed by atoms with Gasteiger partial charge in [-0.05, 0) is 25.0 Å². The summed E-state index contributed by atoms with van der Waals surface area (Å²) in [6.07, 6.45) is 6.72. The van der Waals surface area contributed by atoms with Crippen molar-refractivity contribution in [1.82, 2.24) is 4.90 Å². The average molecular weight is 147 g/mol. The summed E-state index contributed by atoms with van der Waals surface area (Å²) in [6.45, 7) is 4.35. The lowest BCUT2D eigenvalue weighted by atomic mass is 9.87. The molecule has 0 spiro atoms. The van der Waals surface area contributed by atoms with Crippen LogP contribution in [0.25, 0.3) is 0 Å². The summed E-state index contributed by atoms with van der Waals surface area (Å²) in [5.74, 6) is 0. The second-order valence-electron chi connectivity index (χ2n) is 3.47. The molecule has 0 amide bonds. The minimum Gasteiger partial charge on any atom is -0.369 e. The summed E-state index contributed by atoms with van der Waals surface area (Å²) >= 11 is 0. The van der Waals surface area contributed by atoms with E-state index in [1.807, 2.05) is 0 Å². The summed E-state index contributed by atoms with van der Waals surface area (Å²) in [5, 5.41) is 0. The zero-order valence-corrected chi connectivity index (χ0v) is 7.26. The Morgan fingerprint density at radius 2 is 2.00 bits per heavy atom. The molecule has 1 heteroatoms. The molecule has 2 aliphatic rings. The number of likely N-dealkylation sites (N-methyl/N-ethyl adjacent to an activating group) is 1. The number of nitrogens with zero attached hydrogens (tertiary/aromatic N) is 1. The fourth-order valence-corrected chi connectivity index (χ4v) is 1.98. The number of rotatable bonds is 0. The molecular formula is C10H13N. The Bertz CT molecular complexity index is 281. The summed E-state index contributed by atoms with van der Waals surface area (Å²) in [4.78, 5) is 2.25. The van der Waals surface area contributed by atoms with E-state index in [4.69, 9.17) is 0 Å². The Morgan fingerprint density at radius 3 is 2.55 bits per heavy atom. The lowest BCUT2D eigenvalue weighted by molar-refractivity contribution is 0.353. The third-order valence-electron chi connectivity index (χ3n) is 2.36. The third kappa shape index (κ3) is 0.839. The van der Waals surface area contributed by atoms with E-state index in [0.29, 0.717) is 6.04 Å². The molecule has 1 heterocycles. The highest BCUT2D eigenvalue weighted by Gasteiger charge is 2.28. The van der Waals surface area contributed by atoms with Crippen LogP contribution in [0.5, 0.6) is 0 Å². The molecule has 0 radical (unpaired) electrons. The molecular weight excluding hydrogens is 134 g/mol. The summed E-state index contributed by atoms with van der Waals surface area (Å²) in [6, 6.07) is 0.582. The molecule has 2 rings (SSSR count). The molecule has 0 aromatic heterocycles. The minimum atomic E-state index is 0.582. The molecule has 0 aromatic carbocycles. The average Bonchev–Trinajstić information content (AvgIpc) is 1.83. The first-order chi connectivity index (χ1) is 5.18. The Hall–Kier alpha value is -0.980. The van der Waals surface area contributed by atoms with Crippen molar-refractivity contribution in [3.63, 3.8) is 0 Å². The second kappa shape index (κ2) is 2.00. The Morgan fingerprint density at radius 1 is 1.27 bits per heavy atom. The van der Waals surface area contributed by atoms with E-state index in [1.54, 1.807) is 0 Å². The van der Waals surface area contributed by atoms with Crippen LogP contribution in [0.15, 0.2) is 35.1 Å². The van der Waals surface area contributed by atoms with Crippen LogP contribution in [0.2, 0.25) is 0 Å². The summed E-state index contributed by atoms with van der Waals surface area (Å²) < 4.78 is 0. The summed E-state index contributed by atoms with van der Waals surface area (Å²) in [7, 11) is 2.12. The van der Waals surface area contributed by atoms with E-state index in [2.05, 4.69) is 44.1 Å². The monoisotopic (exact) mass is 147 g/mol. The maximum Gasteiger partial charge on any atom is 0.0761 e. The quantitative estimate of drug-likeness (QED) is 0.507. The molecule has 1 aliphatic heterocycles.